The molecule has 1 aliphatic heterocycles. The van der Waals surface area contributed by atoms with E-state index in [0.29, 0.717) is 53.8 Å². The van der Waals surface area contributed by atoms with Crippen LogP contribution in [0.3, 0.4) is 0 Å². The van der Waals surface area contributed by atoms with Crippen LogP contribution >= 0.6 is 11.3 Å². The van der Waals surface area contributed by atoms with Gasteiger partial charge in [0, 0.05) is 48.5 Å². The van der Waals surface area contributed by atoms with Crippen molar-refractivity contribution >= 4 is 45.5 Å². The maximum atomic E-state index is 14.2. The van der Waals surface area contributed by atoms with Gasteiger partial charge in [-0.1, -0.05) is 0 Å². The summed E-state index contributed by atoms with van der Waals surface area (Å²) in [5.41, 5.74) is 0.475. The van der Waals surface area contributed by atoms with E-state index in [0.717, 1.165) is 5.39 Å². The predicted octanol–water partition coefficient (Wildman–Crippen LogP) is 5.25. The van der Waals surface area contributed by atoms with Crippen molar-refractivity contribution in [3.05, 3.63) is 59.5 Å². The molecule has 1 aliphatic rings. The zero-order valence-electron chi connectivity index (χ0n) is 22.6. The molecule has 12 heteroatoms. The Bertz CT molecular complexity index is 1570. The maximum absolute atomic E-state index is 14.2. The highest BCUT2D eigenvalue weighted by atomic mass is 32.1. The van der Waals surface area contributed by atoms with E-state index in [9.17, 15) is 19.1 Å². The Morgan fingerprint density at radius 1 is 1.10 bits per heavy atom. The van der Waals surface area contributed by atoms with E-state index in [1.807, 2.05) is 31.7 Å². The predicted molar refractivity (Wildman–Crippen MR) is 152 cm³/mol. The summed E-state index contributed by atoms with van der Waals surface area (Å²) in [7, 11) is 1.55. The summed E-state index contributed by atoms with van der Waals surface area (Å²) in [5, 5.41) is 16.9. The molecule has 2 aromatic heterocycles. The number of aromatic nitrogens is 2. The van der Waals surface area contributed by atoms with Gasteiger partial charge in [0.2, 0.25) is 5.88 Å². The summed E-state index contributed by atoms with van der Waals surface area (Å²) >= 11 is 1.19. The highest BCUT2D eigenvalue weighted by Gasteiger charge is 2.27. The fourth-order valence-corrected chi connectivity index (χ4v) is 5.23. The summed E-state index contributed by atoms with van der Waals surface area (Å²) in [6.45, 7) is 7.28. The number of halogens is 1. The second-order valence-corrected chi connectivity index (χ2v) is 11.2. The van der Waals surface area contributed by atoms with Crippen LogP contribution in [0.5, 0.6) is 11.6 Å². The number of benzene rings is 2. The molecular formula is C28H30FN5O5S. The van der Waals surface area contributed by atoms with Crippen LogP contribution in [0, 0.1) is 5.82 Å². The van der Waals surface area contributed by atoms with Gasteiger partial charge in [0.05, 0.1) is 18.5 Å². The van der Waals surface area contributed by atoms with Crippen LogP contribution in [0.2, 0.25) is 0 Å². The number of methoxy groups -OCH3 is 1. The maximum Gasteiger partial charge on any atom is 0.410 e. The third-order valence-corrected chi connectivity index (χ3v) is 7.25. The van der Waals surface area contributed by atoms with Gasteiger partial charge in [-0.05, 0) is 57.2 Å². The number of carbonyl (C=O) groups excluding carboxylic acids is 2. The smallest absolute Gasteiger partial charge is 0.410 e. The van der Waals surface area contributed by atoms with Crippen LogP contribution in [-0.4, -0.2) is 70.4 Å². The number of ether oxygens (including phenoxy) is 2. The van der Waals surface area contributed by atoms with E-state index in [4.69, 9.17) is 9.47 Å². The Hall–Kier alpha value is -4.32. The molecule has 1 fully saturated rings. The van der Waals surface area contributed by atoms with Crippen molar-refractivity contribution in [1.29, 1.82) is 0 Å². The number of nitrogens with zero attached hydrogens (tertiary/aromatic N) is 4. The molecule has 210 valence electrons. The topological polar surface area (TPSA) is 109 Å². The molecule has 2 N–H and O–H groups in total. The molecule has 2 amide bonds. The number of anilines is 2. The van der Waals surface area contributed by atoms with Gasteiger partial charge in [-0.25, -0.2) is 14.2 Å². The molecule has 40 heavy (non-hydrogen) atoms. The second-order valence-electron chi connectivity index (χ2n) is 10.4. The quantitative estimate of drug-likeness (QED) is 0.339. The minimum Gasteiger partial charge on any atom is -0.497 e. The first kappa shape index (κ1) is 27.3. The lowest BCUT2D eigenvalue weighted by Gasteiger charge is -2.37. The molecule has 0 unspecified atom stereocenters. The molecule has 0 spiro atoms. The van der Waals surface area contributed by atoms with Crippen molar-refractivity contribution in [3.8, 4) is 16.8 Å². The number of hydrogen-bond donors (Lipinski definition) is 2. The molecule has 3 heterocycles. The van der Waals surface area contributed by atoms with Crippen LogP contribution in [0.1, 0.15) is 31.3 Å². The number of piperazine rings is 1. The Balaban J connectivity index is 1.31. The Morgan fingerprint density at radius 3 is 2.55 bits per heavy atom. The van der Waals surface area contributed by atoms with E-state index in [2.05, 4.69) is 10.3 Å². The first-order valence-electron chi connectivity index (χ1n) is 12.7. The van der Waals surface area contributed by atoms with Gasteiger partial charge in [-0.2, -0.15) is 0 Å². The molecule has 0 bridgehead atoms. The SMILES string of the molecule is COc1ccc2cn(-c3nc(C(=O)Nc4cc(F)ccc4N4CCN(C(=O)OC(C)(C)C)CC4)cs3)c(O)c2c1. The number of hydrogen-bond acceptors (Lipinski definition) is 8. The van der Waals surface area contributed by atoms with Gasteiger partial charge < -0.3 is 29.7 Å². The number of rotatable bonds is 5. The molecule has 10 nitrogen and oxygen atoms in total. The summed E-state index contributed by atoms with van der Waals surface area (Å²) in [6.07, 6.45) is 1.35. The third-order valence-electron chi connectivity index (χ3n) is 6.41. The summed E-state index contributed by atoms with van der Waals surface area (Å²) in [6, 6.07) is 9.55. The molecule has 4 aromatic rings. The number of carbonyl (C=O) groups is 2. The van der Waals surface area contributed by atoms with Crippen molar-refractivity contribution < 1.29 is 28.6 Å². The van der Waals surface area contributed by atoms with E-state index >= 15 is 0 Å². The number of aromatic hydroxyl groups is 1. The zero-order chi connectivity index (χ0) is 28.6. The molecule has 5 rings (SSSR count). The fourth-order valence-electron chi connectivity index (χ4n) is 4.45. The van der Waals surface area contributed by atoms with Crippen LogP contribution < -0.4 is 15.0 Å². The number of amides is 2. The molecule has 2 aromatic carbocycles. The minimum absolute atomic E-state index is 0.0202. The third kappa shape index (κ3) is 5.67. The lowest BCUT2D eigenvalue weighted by molar-refractivity contribution is 0.0240. The summed E-state index contributed by atoms with van der Waals surface area (Å²) < 4.78 is 26.4. The first-order valence-corrected chi connectivity index (χ1v) is 13.6. The number of thiazole rings is 1. The van der Waals surface area contributed by atoms with Crippen molar-refractivity contribution in [1.82, 2.24) is 14.5 Å². The van der Waals surface area contributed by atoms with E-state index in [1.165, 1.54) is 28.0 Å². The van der Waals surface area contributed by atoms with E-state index in [-0.39, 0.29) is 17.7 Å². The Morgan fingerprint density at radius 2 is 1.85 bits per heavy atom. The molecule has 1 saturated heterocycles. The normalized spacial score (nSPS) is 13.9. The van der Waals surface area contributed by atoms with Crippen molar-refractivity contribution in [3.63, 3.8) is 0 Å². The standard InChI is InChI=1S/C28H30FN5O5S/c1-28(2,3)39-27(37)33-11-9-32(10-12-33)23-8-6-18(29)13-21(23)30-24(35)22-16-40-26(31-22)34-15-17-5-7-19(38-4)14-20(17)25(34)36/h5-8,13-16,36H,9-12H2,1-4H3,(H,30,35). The Kier molecular flexibility index (Phi) is 7.28. The lowest BCUT2D eigenvalue weighted by atomic mass is 10.2. The molecule has 0 aliphatic carbocycles. The van der Waals surface area contributed by atoms with Gasteiger partial charge >= 0.3 is 6.09 Å². The number of nitrogens with one attached hydrogen (secondary N) is 1. The van der Waals surface area contributed by atoms with Crippen molar-refractivity contribution in [2.24, 2.45) is 0 Å². The average molecular weight is 568 g/mol. The van der Waals surface area contributed by atoms with E-state index in [1.54, 1.807) is 41.8 Å². The van der Waals surface area contributed by atoms with E-state index < -0.39 is 17.3 Å². The highest BCUT2D eigenvalue weighted by Crippen LogP contribution is 2.34. The van der Waals surface area contributed by atoms with Crippen molar-refractivity contribution in [2.75, 3.05) is 43.5 Å². The minimum atomic E-state index is -0.584. The molecule has 0 atom stereocenters. The van der Waals surface area contributed by atoms with Crippen LogP contribution in [0.15, 0.2) is 48.0 Å². The second kappa shape index (κ2) is 10.7. The molecule has 0 saturated carbocycles. The van der Waals surface area contributed by atoms with Crippen LogP contribution in [0.4, 0.5) is 20.6 Å². The number of fused-ring (bicyclic) bond motifs is 1. The largest absolute Gasteiger partial charge is 0.497 e. The van der Waals surface area contributed by atoms with Gasteiger partial charge in [0.25, 0.3) is 5.91 Å². The highest BCUT2D eigenvalue weighted by molar-refractivity contribution is 7.12. The monoisotopic (exact) mass is 567 g/mol. The van der Waals surface area contributed by atoms with Crippen molar-refractivity contribution in [2.45, 2.75) is 26.4 Å². The fraction of sp³-hybridized carbons (Fsp3) is 0.321. The van der Waals surface area contributed by atoms with Gasteiger partial charge in [0.15, 0.2) is 5.13 Å². The Labute approximate surface area is 234 Å². The lowest BCUT2D eigenvalue weighted by Crippen LogP contribution is -2.50. The van der Waals surface area contributed by atoms with Gasteiger partial charge in [-0.3, -0.25) is 9.36 Å². The molecular weight excluding hydrogens is 537 g/mol. The van der Waals surface area contributed by atoms with Gasteiger partial charge in [0.1, 0.15) is 22.9 Å². The molecule has 0 radical (unpaired) electrons. The zero-order valence-corrected chi connectivity index (χ0v) is 23.4. The van der Waals surface area contributed by atoms with Crippen LogP contribution in [0.25, 0.3) is 15.9 Å². The summed E-state index contributed by atoms with van der Waals surface area (Å²) in [5.74, 6) is -0.422. The van der Waals surface area contributed by atoms with Gasteiger partial charge in [-0.15, -0.1) is 11.3 Å². The summed E-state index contributed by atoms with van der Waals surface area (Å²) in [4.78, 5) is 33.6. The average Bonchev–Trinajstić information content (AvgIpc) is 3.53. The van der Waals surface area contributed by atoms with Crippen LogP contribution in [-0.2, 0) is 4.74 Å². The first-order chi connectivity index (χ1) is 19.0.